The first-order chi connectivity index (χ1) is 10.8. The van der Waals surface area contributed by atoms with Gasteiger partial charge in [0.25, 0.3) is 0 Å². The van der Waals surface area contributed by atoms with E-state index < -0.39 is 0 Å². The quantitative estimate of drug-likeness (QED) is 0.176. The number of carbonyl (C=O) groups is 1. The van der Waals surface area contributed by atoms with Gasteiger partial charge in [-0.2, -0.15) is 0 Å². The first kappa shape index (κ1) is 25.7. The van der Waals surface area contributed by atoms with Gasteiger partial charge in [-0.05, 0) is 13.0 Å². The number of rotatable bonds is 17. The van der Waals surface area contributed by atoms with Gasteiger partial charge >= 0.3 is 35.5 Å². The molecule has 0 saturated carbocycles. The molecule has 0 atom stereocenters. The van der Waals surface area contributed by atoms with Crippen LogP contribution in [-0.4, -0.2) is 12.6 Å². The van der Waals surface area contributed by atoms with E-state index in [9.17, 15) is 4.79 Å². The summed E-state index contributed by atoms with van der Waals surface area (Å²) in [6, 6.07) is 0. The Bertz CT molecular complexity index is 232. The van der Waals surface area contributed by atoms with Crippen molar-refractivity contribution in [3.8, 4) is 0 Å². The zero-order valence-electron chi connectivity index (χ0n) is 16.0. The van der Waals surface area contributed by atoms with E-state index in [1.807, 2.05) is 0 Å². The maximum atomic E-state index is 11.1. The molecule has 0 spiro atoms. The Morgan fingerprint density at radius 2 is 1.04 bits per heavy atom. The second kappa shape index (κ2) is 22.5. The predicted octanol–water partition coefficient (Wildman–Crippen LogP) is 3.63. The van der Waals surface area contributed by atoms with Gasteiger partial charge in [0, 0.05) is 6.42 Å². The summed E-state index contributed by atoms with van der Waals surface area (Å²) in [7, 11) is 0. The molecule has 2 nitrogen and oxygen atoms in total. The molecule has 0 unspecified atom stereocenters. The number of carbonyl (C=O) groups excluding carboxylic acids is 1. The van der Waals surface area contributed by atoms with E-state index in [1.165, 1.54) is 83.5 Å². The van der Waals surface area contributed by atoms with E-state index in [0.29, 0.717) is 6.42 Å². The molecule has 0 N–H and O–H groups in total. The van der Waals surface area contributed by atoms with Crippen LogP contribution in [0.25, 0.3) is 0 Å². The summed E-state index contributed by atoms with van der Waals surface area (Å²) in [6.45, 7) is 6.04. The molecular formula is C20H39NaO2. The van der Waals surface area contributed by atoms with E-state index in [2.05, 4.69) is 13.8 Å². The van der Waals surface area contributed by atoms with Crippen LogP contribution in [-0.2, 0) is 9.53 Å². The molecule has 0 aliphatic heterocycles. The van der Waals surface area contributed by atoms with Crippen LogP contribution in [0.5, 0.6) is 0 Å². The predicted molar refractivity (Wildman–Crippen MR) is 95.9 cm³/mol. The Balaban J connectivity index is 0. The first-order valence-corrected chi connectivity index (χ1v) is 9.76. The molecule has 0 rings (SSSR count). The SMILES string of the molecule is [CH2-]COC(=O)CCCCCCCCCCCCCCCCC.[Na+]. The summed E-state index contributed by atoms with van der Waals surface area (Å²) in [4.78, 5) is 11.1. The normalized spacial score (nSPS) is 10.3. The van der Waals surface area contributed by atoms with Crippen LogP contribution in [0.15, 0.2) is 0 Å². The molecule has 0 aromatic carbocycles. The molecule has 0 aromatic heterocycles. The Hall–Kier alpha value is 0.470. The van der Waals surface area contributed by atoms with Crippen LogP contribution in [0.4, 0.5) is 0 Å². The molecule has 0 heterocycles. The monoisotopic (exact) mass is 334 g/mol. The van der Waals surface area contributed by atoms with E-state index in [0.717, 1.165) is 12.8 Å². The minimum Gasteiger partial charge on any atom is -0.499 e. The number of unbranched alkanes of at least 4 members (excludes halogenated alkanes) is 14. The Labute approximate surface area is 167 Å². The van der Waals surface area contributed by atoms with Crippen LogP contribution >= 0.6 is 0 Å². The van der Waals surface area contributed by atoms with Gasteiger partial charge in [-0.25, -0.2) is 0 Å². The van der Waals surface area contributed by atoms with Crippen molar-refractivity contribution in [1.29, 1.82) is 0 Å². The Kier molecular flexibility index (Phi) is 25.1. The van der Waals surface area contributed by atoms with Crippen molar-refractivity contribution in [3.63, 3.8) is 0 Å². The van der Waals surface area contributed by atoms with Crippen molar-refractivity contribution in [2.24, 2.45) is 0 Å². The summed E-state index contributed by atoms with van der Waals surface area (Å²) < 4.78 is 4.81. The van der Waals surface area contributed by atoms with Crippen molar-refractivity contribution < 1.29 is 39.1 Å². The Morgan fingerprint density at radius 1 is 0.696 bits per heavy atom. The van der Waals surface area contributed by atoms with E-state index in [-0.39, 0.29) is 42.1 Å². The molecule has 23 heavy (non-hydrogen) atoms. The fourth-order valence-electron chi connectivity index (χ4n) is 2.83. The van der Waals surface area contributed by atoms with Crippen molar-refractivity contribution in [2.75, 3.05) is 6.61 Å². The van der Waals surface area contributed by atoms with Crippen LogP contribution in [0.1, 0.15) is 110 Å². The van der Waals surface area contributed by atoms with Crippen LogP contribution in [0.3, 0.4) is 0 Å². The van der Waals surface area contributed by atoms with Gasteiger partial charge < -0.3 is 11.7 Å². The van der Waals surface area contributed by atoms with Crippen molar-refractivity contribution in [3.05, 3.63) is 6.92 Å². The minimum absolute atomic E-state index is 0. The summed E-state index contributed by atoms with van der Waals surface area (Å²) in [6.07, 6.45) is 20.8. The fourth-order valence-corrected chi connectivity index (χ4v) is 2.83. The van der Waals surface area contributed by atoms with Gasteiger partial charge in [-0.1, -0.05) is 96.8 Å². The standard InChI is InChI=1S/C20H39O2.Na/c1-3-5-6-7-8-9-10-11-12-13-14-15-16-17-18-19-20(21)22-4-2;/h2-19H2,1H3;/q-1;+1. The maximum absolute atomic E-state index is 11.1. The topological polar surface area (TPSA) is 26.3 Å². The van der Waals surface area contributed by atoms with Gasteiger partial charge in [-0.3, -0.25) is 4.79 Å². The van der Waals surface area contributed by atoms with E-state index >= 15 is 0 Å². The average Bonchev–Trinajstić information content (AvgIpc) is 2.51. The summed E-state index contributed by atoms with van der Waals surface area (Å²) in [5.41, 5.74) is 0. The molecule has 0 aromatic rings. The smallest absolute Gasteiger partial charge is 0.499 e. The fraction of sp³-hybridized carbons (Fsp3) is 0.900. The van der Waals surface area contributed by atoms with E-state index in [4.69, 9.17) is 4.74 Å². The molecule has 0 aliphatic carbocycles. The third-order valence-electron chi connectivity index (χ3n) is 4.25. The largest absolute Gasteiger partial charge is 1.00 e. The van der Waals surface area contributed by atoms with Gasteiger partial charge in [0.1, 0.15) is 0 Å². The first-order valence-electron chi connectivity index (χ1n) is 9.76. The molecule has 0 fully saturated rings. The summed E-state index contributed by atoms with van der Waals surface area (Å²) in [5, 5.41) is 0. The Morgan fingerprint density at radius 3 is 1.39 bits per heavy atom. The molecule has 0 saturated heterocycles. The van der Waals surface area contributed by atoms with Crippen LogP contribution in [0.2, 0.25) is 0 Å². The molecule has 0 radical (unpaired) electrons. The van der Waals surface area contributed by atoms with Crippen LogP contribution in [0, 0.1) is 6.92 Å². The van der Waals surface area contributed by atoms with Crippen molar-refractivity contribution in [1.82, 2.24) is 0 Å². The second-order valence-corrected chi connectivity index (χ2v) is 6.42. The minimum atomic E-state index is -0.0929. The maximum Gasteiger partial charge on any atom is 1.00 e. The van der Waals surface area contributed by atoms with Gasteiger partial charge in [0.2, 0.25) is 0 Å². The number of esters is 1. The average molecular weight is 335 g/mol. The zero-order chi connectivity index (χ0) is 16.3. The molecule has 3 heteroatoms. The molecule has 0 aliphatic rings. The third kappa shape index (κ3) is 22.5. The zero-order valence-corrected chi connectivity index (χ0v) is 18.0. The van der Waals surface area contributed by atoms with Gasteiger partial charge in [0.15, 0.2) is 0 Å². The number of hydrogen-bond donors (Lipinski definition) is 0. The molecule has 0 amide bonds. The van der Waals surface area contributed by atoms with Gasteiger partial charge in [0.05, 0.1) is 0 Å². The summed E-state index contributed by atoms with van der Waals surface area (Å²) >= 11 is 0. The molecular weight excluding hydrogens is 295 g/mol. The van der Waals surface area contributed by atoms with E-state index in [1.54, 1.807) is 0 Å². The second-order valence-electron chi connectivity index (χ2n) is 6.42. The number of hydrogen-bond acceptors (Lipinski definition) is 2. The number of ether oxygens (including phenoxy) is 1. The van der Waals surface area contributed by atoms with Crippen molar-refractivity contribution in [2.45, 2.75) is 110 Å². The van der Waals surface area contributed by atoms with Crippen molar-refractivity contribution >= 4 is 5.97 Å². The van der Waals surface area contributed by atoms with Gasteiger partial charge in [-0.15, -0.1) is 0 Å². The molecule has 0 bridgehead atoms. The molecule has 132 valence electrons. The third-order valence-corrected chi connectivity index (χ3v) is 4.25. The van der Waals surface area contributed by atoms with Crippen LogP contribution < -0.4 is 29.6 Å². The summed E-state index contributed by atoms with van der Waals surface area (Å²) in [5.74, 6) is -0.0929.